The molecule has 2 rings (SSSR count). The number of piperidine rings is 1. The van der Waals surface area contributed by atoms with Crippen LogP contribution in [0.25, 0.3) is 0 Å². The van der Waals surface area contributed by atoms with Crippen LogP contribution >= 0.6 is 12.4 Å². The van der Waals surface area contributed by atoms with Crippen molar-refractivity contribution in [2.45, 2.75) is 25.7 Å². The first-order valence-electron chi connectivity index (χ1n) is 5.94. The molecule has 0 amide bonds. The first-order chi connectivity index (χ1) is 7.40. The molecule has 2 nitrogen and oxygen atoms in total. The molecule has 0 aromatic heterocycles. The van der Waals surface area contributed by atoms with E-state index >= 15 is 0 Å². The quantitative estimate of drug-likeness (QED) is 0.880. The zero-order valence-corrected chi connectivity index (χ0v) is 10.5. The zero-order chi connectivity index (χ0) is 10.5. The Morgan fingerprint density at radius 3 is 2.56 bits per heavy atom. The van der Waals surface area contributed by atoms with Crippen LogP contribution in [-0.4, -0.2) is 19.6 Å². The van der Waals surface area contributed by atoms with Crippen molar-refractivity contribution in [1.82, 2.24) is 0 Å². The monoisotopic (exact) mass is 240 g/mol. The third-order valence-electron chi connectivity index (χ3n) is 3.06. The lowest BCUT2D eigenvalue weighted by molar-refractivity contribution is 0.577. The molecular formula is C13H21ClN2. The number of benzene rings is 1. The molecule has 0 atom stereocenters. The minimum atomic E-state index is 0. The summed E-state index contributed by atoms with van der Waals surface area (Å²) in [4.78, 5) is 2.49. The van der Waals surface area contributed by atoms with Crippen molar-refractivity contribution < 1.29 is 0 Å². The molecule has 2 N–H and O–H groups in total. The third kappa shape index (κ3) is 3.39. The molecule has 1 aromatic carbocycles. The maximum atomic E-state index is 5.58. The summed E-state index contributed by atoms with van der Waals surface area (Å²) in [5, 5.41) is 0. The first kappa shape index (κ1) is 13.3. The minimum absolute atomic E-state index is 0. The molecule has 3 heteroatoms. The molecular weight excluding hydrogens is 220 g/mol. The van der Waals surface area contributed by atoms with Gasteiger partial charge in [-0.15, -0.1) is 12.4 Å². The highest BCUT2D eigenvalue weighted by Crippen LogP contribution is 2.20. The molecule has 1 heterocycles. The van der Waals surface area contributed by atoms with Gasteiger partial charge in [-0.3, -0.25) is 0 Å². The van der Waals surface area contributed by atoms with Crippen LogP contribution in [0, 0.1) is 0 Å². The molecule has 16 heavy (non-hydrogen) atoms. The van der Waals surface area contributed by atoms with Crippen LogP contribution in [0.5, 0.6) is 0 Å². The normalized spacial score (nSPS) is 15.7. The van der Waals surface area contributed by atoms with E-state index in [1.807, 2.05) is 0 Å². The number of nitrogens with zero attached hydrogens (tertiary/aromatic N) is 1. The van der Waals surface area contributed by atoms with Crippen molar-refractivity contribution in [1.29, 1.82) is 0 Å². The van der Waals surface area contributed by atoms with Gasteiger partial charge in [-0.05, 0) is 49.9 Å². The average molecular weight is 241 g/mol. The maximum absolute atomic E-state index is 5.58. The van der Waals surface area contributed by atoms with Crippen LogP contribution in [0.3, 0.4) is 0 Å². The third-order valence-corrected chi connectivity index (χ3v) is 3.06. The van der Waals surface area contributed by atoms with E-state index in [1.54, 1.807) is 0 Å². The van der Waals surface area contributed by atoms with Crippen molar-refractivity contribution in [3.05, 3.63) is 29.8 Å². The standard InChI is InChI=1S/C13H20N2.ClH/c14-8-7-12-5-4-6-13(11-12)15-9-2-1-3-10-15;/h4-6,11H,1-3,7-10,14H2;1H. The van der Waals surface area contributed by atoms with E-state index in [2.05, 4.69) is 29.2 Å². The summed E-state index contributed by atoms with van der Waals surface area (Å²) in [6, 6.07) is 8.82. The molecule has 90 valence electrons. The van der Waals surface area contributed by atoms with Crippen LogP contribution < -0.4 is 10.6 Å². The fraction of sp³-hybridized carbons (Fsp3) is 0.538. The second kappa shape index (κ2) is 6.77. The summed E-state index contributed by atoms with van der Waals surface area (Å²) in [7, 11) is 0. The second-order valence-corrected chi connectivity index (χ2v) is 4.26. The number of hydrogen-bond acceptors (Lipinski definition) is 2. The Kier molecular flexibility index (Phi) is 5.64. The summed E-state index contributed by atoms with van der Waals surface area (Å²) in [5.74, 6) is 0. The molecule has 0 radical (unpaired) electrons. The van der Waals surface area contributed by atoms with Gasteiger partial charge in [0.1, 0.15) is 0 Å². The van der Waals surface area contributed by atoms with E-state index < -0.39 is 0 Å². The van der Waals surface area contributed by atoms with E-state index in [1.165, 1.54) is 43.6 Å². The van der Waals surface area contributed by atoms with Crippen LogP contribution in [-0.2, 0) is 6.42 Å². The van der Waals surface area contributed by atoms with Gasteiger partial charge < -0.3 is 10.6 Å². The van der Waals surface area contributed by atoms with Gasteiger partial charge in [0, 0.05) is 18.8 Å². The SMILES string of the molecule is Cl.NCCc1cccc(N2CCCCC2)c1. The molecule has 1 saturated heterocycles. The molecule has 0 spiro atoms. The summed E-state index contributed by atoms with van der Waals surface area (Å²) >= 11 is 0. The van der Waals surface area contributed by atoms with Crippen LogP contribution in [0.4, 0.5) is 5.69 Å². The molecule has 1 fully saturated rings. The molecule has 1 aliphatic heterocycles. The van der Waals surface area contributed by atoms with Gasteiger partial charge in [-0.2, -0.15) is 0 Å². The number of halogens is 1. The Morgan fingerprint density at radius 1 is 1.12 bits per heavy atom. The van der Waals surface area contributed by atoms with Gasteiger partial charge in [0.15, 0.2) is 0 Å². The first-order valence-corrected chi connectivity index (χ1v) is 5.94. The number of hydrogen-bond donors (Lipinski definition) is 1. The van der Waals surface area contributed by atoms with Gasteiger partial charge >= 0.3 is 0 Å². The lowest BCUT2D eigenvalue weighted by Gasteiger charge is -2.29. The Labute approximate surface area is 104 Å². The fourth-order valence-corrected chi connectivity index (χ4v) is 2.23. The van der Waals surface area contributed by atoms with E-state index in [4.69, 9.17) is 5.73 Å². The lowest BCUT2D eigenvalue weighted by atomic mass is 10.1. The zero-order valence-electron chi connectivity index (χ0n) is 9.69. The Hall–Kier alpha value is -0.730. The van der Waals surface area contributed by atoms with Crippen LogP contribution in [0.2, 0.25) is 0 Å². The van der Waals surface area contributed by atoms with Crippen molar-refractivity contribution >= 4 is 18.1 Å². The van der Waals surface area contributed by atoms with Crippen molar-refractivity contribution in [3.8, 4) is 0 Å². The highest BCUT2D eigenvalue weighted by Gasteiger charge is 2.10. The molecule has 0 aliphatic carbocycles. The van der Waals surface area contributed by atoms with E-state index in [9.17, 15) is 0 Å². The summed E-state index contributed by atoms with van der Waals surface area (Å²) < 4.78 is 0. The average Bonchev–Trinajstić information content (AvgIpc) is 2.31. The smallest absolute Gasteiger partial charge is 0.0368 e. The highest BCUT2D eigenvalue weighted by atomic mass is 35.5. The Bertz CT molecular complexity index is 309. The van der Waals surface area contributed by atoms with E-state index in [0.29, 0.717) is 0 Å². The Balaban J connectivity index is 0.00000128. The summed E-state index contributed by atoms with van der Waals surface area (Å²) in [6.45, 7) is 3.17. The fourth-order valence-electron chi connectivity index (χ4n) is 2.23. The summed E-state index contributed by atoms with van der Waals surface area (Å²) in [6.07, 6.45) is 5.04. The lowest BCUT2D eigenvalue weighted by Crippen LogP contribution is -2.29. The number of nitrogens with two attached hydrogens (primary N) is 1. The largest absolute Gasteiger partial charge is 0.372 e. The van der Waals surface area contributed by atoms with Gasteiger partial charge in [0.05, 0.1) is 0 Å². The number of rotatable bonds is 3. The van der Waals surface area contributed by atoms with Gasteiger partial charge in [0.25, 0.3) is 0 Å². The topological polar surface area (TPSA) is 29.3 Å². The molecule has 1 aromatic rings. The summed E-state index contributed by atoms with van der Waals surface area (Å²) in [5.41, 5.74) is 8.31. The highest BCUT2D eigenvalue weighted by molar-refractivity contribution is 5.85. The van der Waals surface area contributed by atoms with Gasteiger partial charge in [-0.1, -0.05) is 12.1 Å². The molecule has 0 bridgehead atoms. The van der Waals surface area contributed by atoms with Crippen molar-refractivity contribution in [2.75, 3.05) is 24.5 Å². The van der Waals surface area contributed by atoms with Gasteiger partial charge in [-0.25, -0.2) is 0 Å². The number of anilines is 1. The van der Waals surface area contributed by atoms with Gasteiger partial charge in [0.2, 0.25) is 0 Å². The predicted octanol–water partition coefficient (Wildman–Crippen LogP) is 2.60. The van der Waals surface area contributed by atoms with Crippen molar-refractivity contribution in [3.63, 3.8) is 0 Å². The Morgan fingerprint density at radius 2 is 1.88 bits per heavy atom. The van der Waals surface area contributed by atoms with E-state index in [-0.39, 0.29) is 12.4 Å². The molecule has 1 aliphatic rings. The van der Waals surface area contributed by atoms with Crippen molar-refractivity contribution in [2.24, 2.45) is 5.73 Å². The minimum Gasteiger partial charge on any atom is -0.372 e. The maximum Gasteiger partial charge on any atom is 0.0368 e. The predicted molar refractivity (Wildman–Crippen MR) is 72.5 cm³/mol. The van der Waals surface area contributed by atoms with E-state index in [0.717, 1.165) is 13.0 Å². The molecule has 0 saturated carbocycles. The second-order valence-electron chi connectivity index (χ2n) is 4.26. The molecule has 0 unspecified atom stereocenters. The van der Waals surface area contributed by atoms with Crippen LogP contribution in [0.1, 0.15) is 24.8 Å². The van der Waals surface area contributed by atoms with Crippen LogP contribution in [0.15, 0.2) is 24.3 Å².